The Morgan fingerprint density at radius 1 is 1.22 bits per heavy atom. The van der Waals surface area contributed by atoms with Gasteiger partial charge in [0.25, 0.3) is 0 Å². The summed E-state index contributed by atoms with van der Waals surface area (Å²) >= 11 is 0. The molecule has 0 aromatic heterocycles. The number of carbonyl (C=O) groups is 1. The Labute approximate surface area is 166 Å². The van der Waals surface area contributed by atoms with Crippen molar-refractivity contribution in [2.24, 2.45) is 5.92 Å². The predicted octanol–water partition coefficient (Wildman–Crippen LogP) is 4.68. The van der Waals surface area contributed by atoms with Crippen LogP contribution in [0.5, 0.6) is 0 Å². The molecule has 2 rings (SSSR count). The fourth-order valence-electron chi connectivity index (χ4n) is 3.41. The van der Waals surface area contributed by atoms with Crippen LogP contribution in [0.1, 0.15) is 63.5 Å². The first-order valence-corrected chi connectivity index (χ1v) is 8.43. The zero-order valence-electron chi connectivity index (χ0n) is 14.8. The summed E-state index contributed by atoms with van der Waals surface area (Å²) in [4.78, 5) is 12.2. The zero-order valence-corrected chi connectivity index (χ0v) is 17.6. The third-order valence-corrected chi connectivity index (χ3v) is 4.75. The van der Waals surface area contributed by atoms with E-state index < -0.39 is 0 Å². The van der Waals surface area contributed by atoms with Crippen LogP contribution in [0, 0.1) is 12.8 Å². The third kappa shape index (κ3) is 5.76. The minimum absolute atomic E-state index is 0. The smallest absolute Gasteiger partial charge is 0.136 e. The number of carbonyl (C=O) groups excluding carboxylic acids is 1. The number of hydrogen-bond donors (Lipinski definition) is 0. The van der Waals surface area contributed by atoms with Crippen molar-refractivity contribution in [3.8, 4) is 0 Å². The minimum Gasteiger partial charge on any atom is -0.413 e. The standard InChI is InChI=1S/C20H29O2.Y/c1-5-22-14-6-7-18-17(12-13-19(18)21)15-8-10-16(11-9-15)20(2,3)4;/h8-11,17-18H,1,5-7,12-14H2,2-4H3;/q-1;. The van der Waals surface area contributed by atoms with E-state index in [1.165, 1.54) is 11.1 Å². The summed E-state index contributed by atoms with van der Waals surface area (Å²) < 4.78 is 5.30. The van der Waals surface area contributed by atoms with E-state index in [1.54, 1.807) is 0 Å². The maximum Gasteiger partial charge on any atom is 0.136 e. The van der Waals surface area contributed by atoms with E-state index in [0.29, 0.717) is 24.9 Å². The quantitative estimate of drug-likeness (QED) is 0.521. The van der Waals surface area contributed by atoms with Crippen LogP contribution in [-0.4, -0.2) is 19.0 Å². The molecule has 1 aliphatic carbocycles. The van der Waals surface area contributed by atoms with E-state index in [1.807, 2.05) is 0 Å². The van der Waals surface area contributed by atoms with Crippen LogP contribution < -0.4 is 0 Å². The molecule has 1 saturated carbocycles. The second kappa shape index (κ2) is 9.44. The summed E-state index contributed by atoms with van der Waals surface area (Å²) in [5.74, 6) is 0.995. The fraction of sp³-hybridized carbons (Fsp3) is 0.600. The van der Waals surface area contributed by atoms with Crippen LogP contribution in [0.2, 0.25) is 0 Å². The van der Waals surface area contributed by atoms with Crippen LogP contribution in [0.15, 0.2) is 24.3 Å². The normalized spacial score (nSPS) is 21.3. The molecule has 0 aliphatic heterocycles. The Morgan fingerprint density at radius 3 is 2.43 bits per heavy atom. The summed E-state index contributed by atoms with van der Waals surface area (Å²) in [6, 6.07) is 8.90. The molecule has 1 aromatic rings. The first-order valence-electron chi connectivity index (χ1n) is 8.43. The summed E-state index contributed by atoms with van der Waals surface area (Å²) in [5, 5.41) is 0. The molecule has 2 atom stereocenters. The maximum absolute atomic E-state index is 12.2. The van der Waals surface area contributed by atoms with Gasteiger partial charge in [-0.1, -0.05) is 51.6 Å². The van der Waals surface area contributed by atoms with Gasteiger partial charge in [-0.15, -0.1) is 0 Å². The van der Waals surface area contributed by atoms with Gasteiger partial charge in [0, 0.05) is 51.7 Å². The first-order chi connectivity index (χ1) is 10.4. The van der Waals surface area contributed by atoms with Crippen molar-refractivity contribution in [2.75, 3.05) is 13.2 Å². The summed E-state index contributed by atoms with van der Waals surface area (Å²) in [5.41, 5.74) is 2.84. The molecule has 0 N–H and O–H groups in total. The summed E-state index contributed by atoms with van der Waals surface area (Å²) in [6.45, 7) is 11.6. The number of ether oxygens (including phenoxy) is 1. The molecule has 1 aromatic carbocycles. The van der Waals surface area contributed by atoms with Crippen LogP contribution in [0.3, 0.4) is 0 Å². The monoisotopic (exact) mass is 390 g/mol. The molecule has 2 unspecified atom stereocenters. The molecule has 3 heteroatoms. The van der Waals surface area contributed by atoms with Crippen molar-refractivity contribution in [3.05, 3.63) is 42.3 Å². The average Bonchev–Trinajstić information content (AvgIpc) is 2.84. The maximum atomic E-state index is 12.2. The van der Waals surface area contributed by atoms with Gasteiger partial charge in [0.05, 0.1) is 0 Å². The Morgan fingerprint density at radius 2 is 1.87 bits per heavy atom. The topological polar surface area (TPSA) is 26.3 Å². The minimum atomic E-state index is 0. The molecule has 1 aliphatic rings. The van der Waals surface area contributed by atoms with E-state index in [0.717, 1.165) is 25.7 Å². The summed E-state index contributed by atoms with van der Waals surface area (Å²) in [6.07, 6.45) is 3.61. The molecule has 1 radical (unpaired) electrons. The summed E-state index contributed by atoms with van der Waals surface area (Å²) in [7, 11) is 0. The molecule has 0 bridgehead atoms. The van der Waals surface area contributed by atoms with E-state index in [-0.39, 0.29) is 44.0 Å². The van der Waals surface area contributed by atoms with E-state index >= 15 is 0 Å². The van der Waals surface area contributed by atoms with Gasteiger partial charge in [-0.3, -0.25) is 4.79 Å². The second-order valence-corrected chi connectivity index (χ2v) is 7.34. The number of benzene rings is 1. The van der Waals surface area contributed by atoms with Crippen molar-refractivity contribution in [1.82, 2.24) is 0 Å². The predicted molar refractivity (Wildman–Crippen MR) is 91.0 cm³/mol. The molecular formula is C20H29O2Y-. The number of rotatable bonds is 6. The van der Waals surface area contributed by atoms with Crippen LogP contribution >= 0.6 is 0 Å². The molecule has 0 heterocycles. The Kier molecular flexibility index (Phi) is 8.62. The molecule has 0 spiro atoms. The Bertz CT molecular complexity index is 487. The SMILES string of the molecule is [CH2-]COCCCC1C(=O)CCC1c1ccc(C(C)(C)C)cc1.[Y]. The molecule has 1 fully saturated rings. The van der Waals surface area contributed by atoms with Crippen molar-refractivity contribution in [1.29, 1.82) is 0 Å². The van der Waals surface area contributed by atoms with Crippen molar-refractivity contribution < 1.29 is 42.2 Å². The van der Waals surface area contributed by atoms with Gasteiger partial charge in [0.15, 0.2) is 0 Å². The number of Topliss-reactive ketones (excluding diaryl/α,β-unsaturated/α-hetero) is 1. The van der Waals surface area contributed by atoms with Crippen molar-refractivity contribution >= 4 is 5.78 Å². The molecule has 0 amide bonds. The van der Waals surface area contributed by atoms with E-state index in [2.05, 4.69) is 52.0 Å². The van der Waals surface area contributed by atoms with Gasteiger partial charge in [-0.25, -0.2) is 0 Å². The van der Waals surface area contributed by atoms with Crippen LogP contribution in [0.25, 0.3) is 0 Å². The average molecular weight is 390 g/mol. The van der Waals surface area contributed by atoms with E-state index in [4.69, 9.17) is 4.74 Å². The Hall–Kier alpha value is -0.0461. The van der Waals surface area contributed by atoms with Gasteiger partial charge in [-0.05, 0) is 41.7 Å². The van der Waals surface area contributed by atoms with Gasteiger partial charge >= 0.3 is 0 Å². The number of hydrogen-bond acceptors (Lipinski definition) is 2. The van der Waals surface area contributed by atoms with Crippen LogP contribution in [-0.2, 0) is 47.7 Å². The molecule has 0 saturated heterocycles. The molecule has 125 valence electrons. The van der Waals surface area contributed by atoms with Crippen molar-refractivity contribution in [2.45, 2.75) is 57.8 Å². The van der Waals surface area contributed by atoms with Gasteiger partial charge in [0.2, 0.25) is 0 Å². The second-order valence-electron chi connectivity index (χ2n) is 7.34. The number of ketones is 1. The van der Waals surface area contributed by atoms with Gasteiger partial charge in [0.1, 0.15) is 5.78 Å². The fourth-order valence-corrected chi connectivity index (χ4v) is 3.41. The zero-order chi connectivity index (χ0) is 16.2. The Balaban J connectivity index is 0.00000264. The van der Waals surface area contributed by atoms with Crippen molar-refractivity contribution in [3.63, 3.8) is 0 Å². The largest absolute Gasteiger partial charge is 0.413 e. The molecule has 2 nitrogen and oxygen atoms in total. The third-order valence-electron chi connectivity index (χ3n) is 4.75. The molecule has 23 heavy (non-hydrogen) atoms. The van der Waals surface area contributed by atoms with Gasteiger partial charge in [-0.2, -0.15) is 0 Å². The van der Waals surface area contributed by atoms with Crippen LogP contribution in [0.4, 0.5) is 0 Å². The van der Waals surface area contributed by atoms with E-state index in [9.17, 15) is 4.79 Å². The molecular weight excluding hydrogens is 361 g/mol. The first kappa shape index (κ1) is 21.0. The van der Waals surface area contributed by atoms with Gasteiger partial charge < -0.3 is 11.7 Å².